The monoisotopic (exact) mass is 465 g/mol. The number of rotatable bonds is 7. The smallest absolute Gasteiger partial charge is 0.303 e. The van der Waals surface area contributed by atoms with Crippen LogP contribution < -0.4 is 0 Å². The largest absolute Gasteiger partial charge is 0.481 e. The zero-order valence-corrected chi connectivity index (χ0v) is 17.4. The van der Waals surface area contributed by atoms with Crippen LogP contribution >= 0.6 is 39.9 Å². The number of halogens is 1. The van der Waals surface area contributed by atoms with E-state index >= 15 is 0 Å². The number of carboxylic acid groups (broad SMARTS) is 1. The van der Waals surface area contributed by atoms with Crippen LogP contribution in [0.1, 0.15) is 25.0 Å². The number of carbonyl (C=O) groups is 2. The highest BCUT2D eigenvalue weighted by molar-refractivity contribution is 9.10. The van der Waals surface area contributed by atoms with Crippen molar-refractivity contribution in [2.75, 3.05) is 6.54 Å². The van der Waals surface area contributed by atoms with E-state index in [0.29, 0.717) is 34.4 Å². The van der Waals surface area contributed by atoms with E-state index in [0.717, 1.165) is 15.8 Å². The molecule has 0 bridgehead atoms. The van der Waals surface area contributed by atoms with Crippen molar-refractivity contribution in [1.82, 2.24) is 4.90 Å². The van der Waals surface area contributed by atoms with E-state index in [2.05, 4.69) is 15.9 Å². The second-order valence-corrected chi connectivity index (χ2v) is 8.48. The first-order valence-corrected chi connectivity index (χ1v) is 10.3. The molecule has 0 atom stereocenters. The molecule has 1 aliphatic heterocycles. The van der Waals surface area contributed by atoms with Crippen LogP contribution in [0.25, 0.3) is 17.4 Å². The predicted molar refractivity (Wildman–Crippen MR) is 113 cm³/mol. The summed E-state index contributed by atoms with van der Waals surface area (Å²) in [7, 11) is 0. The standard InChI is InChI=1S/C19H16BrNO4S2/c20-13-6-4-12(5-7-13)15-9-8-14(25-15)11-16-18(24)21(19(26)27-16)10-2-1-3-17(22)23/h4-9,11H,1-3,10H2,(H,22,23). The van der Waals surface area contributed by atoms with Gasteiger partial charge in [-0.3, -0.25) is 14.5 Å². The number of amides is 1. The number of hydrogen-bond donors (Lipinski definition) is 1. The van der Waals surface area contributed by atoms with Gasteiger partial charge in [0.2, 0.25) is 0 Å². The Balaban J connectivity index is 1.67. The molecule has 1 saturated heterocycles. The van der Waals surface area contributed by atoms with E-state index in [9.17, 15) is 9.59 Å². The Bertz CT molecular complexity index is 905. The number of benzene rings is 1. The molecule has 140 valence electrons. The van der Waals surface area contributed by atoms with Gasteiger partial charge < -0.3 is 9.52 Å². The van der Waals surface area contributed by atoms with Gasteiger partial charge in [-0.25, -0.2) is 0 Å². The molecule has 1 aromatic heterocycles. The van der Waals surface area contributed by atoms with Crippen molar-refractivity contribution in [2.45, 2.75) is 19.3 Å². The summed E-state index contributed by atoms with van der Waals surface area (Å²) in [5.41, 5.74) is 0.948. The fourth-order valence-corrected chi connectivity index (χ4v) is 4.12. The number of carbonyl (C=O) groups excluding carboxylic acids is 1. The Hall–Kier alpha value is -1.90. The van der Waals surface area contributed by atoms with Crippen molar-refractivity contribution >= 4 is 62.2 Å². The Morgan fingerprint density at radius 2 is 1.96 bits per heavy atom. The van der Waals surface area contributed by atoms with Crippen molar-refractivity contribution in [3.8, 4) is 11.3 Å². The number of unbranched alkanes of at least 4 members (excludes halogenated alkanes) is 1. The summed E-state index contributed by atoms with van der Waals surface area (Å²) >= 11 is 9.92. The van der Waals surface area contributed by atoms with Crippen LogP contribution in [0.5, 0.6) is 0 Å². The molecule has 27 heavy (non-hydrogen) atoms. The maximum Gasteiger partial charge on any atom is 0.303 e. The third-order valence-electron chi connectivity index (χ3n) is 3.92. The van der Waals surface area contributed by atoms with E-state index in [1.54, 1.807) is 6.08 Å². The molecule has 1 aliphatic rings. The predicted octanol–water partition coefficient (Wildman–Crippen LogP) is 5.17. The van der Waals surface area contributed by atoms with E-state index in [1.165, 1.54) is 16.7 Å². The van der Waals surface area contributed by atoms with Crippen LogP contribution in [0.4, 0.5) is 0 Å². The summed E-state index contributed by atoms with van der Waals surface area (Å²) < 4.78 is 7.31. The van der Waals surface area contributed by atoms with Gasteiger partial charge in [-0.15, -0.1) is 0 Å². The first-order valence-electron chi connectivity index (χ1n) is 8.27. The maximum absolute atomic E-state index is 12.5. The van der Waals surface area contributed by atoms with Crippen LogP contribution in [0.15, 0.2) is 50.2 Å². The fraction of sp³-hybridized carbons (Fsp3) is 0.211. The lowest BCUT2D eigenvalue weighted by Gasteiger charge is -2.13. The van der Waals surface area contributed by atoms with Crippen LogP contribution in [-0.4, -0.2) is 32.7 Å². The SMILES string of the molecule is O=C(O)CCCCN1C(=O)C(=Cc2ccc(-c3ccc(Br)cc3)o2)SC1=S. The summed E-state index contributed by atoms with van der Waals surface area (Å²) in [6, 6.07) is 11.4. The molecule has 1 N–H and O–H groups in total. The lowest BCUT2D eigenvalue weighted by Crippen LogP contribution is -2.29. The molecule has 0 radical (unpaired) electrons. The number of carboxylic acids is 1. The first kappa shape index (κ1) is 19.9. The van der Waals surface area contributed by atoms with E-state index in [-0.39, 0.29) is 12.3 Å². The second kappa shape index (κ2) is 8.86. The molecule has 8 heteroatoms. The van der Waals surface area contributed by atoms with Crippen molar-refractivity contribution in [3.63, 3.8) is 0 Å². The number of nitrogens with zero attached hydrogens (tertiary/aromatic N) is 1. The van der Waals surface area contributed by atoms with Gasteiger partial charge in [0.25, 0.3) is 5.91 Å². The molecule has 0 unspecified atom stereocenters. The summed E-state index contributed by atoms with van der Waals surface area (Å²) in [5, 5.41) is 8.68. The summed E-state index contributed by atoms with van der Waals surface area (Å²) in [5.74, 6) is 0.304. The Morgan fingerprint density at radius 3 is 2.67 bits per heavy atom. The third-order valence-corrected chi connectivity index (χ3v) is 5.83. The molecule has 5 nitrogen and oxygen atoms in total. The minimum absolute atomic E-state index is 0.0931. The molecule has 2 aromatic rings. The minimum atomic E-state index is -0.834. The summed E-state index contributed by atoms with van der Waals surface area (Å²) in [6.45, 7) is 0.428. The zero-order valence-electron chi connectivity index (χ0n) is 14.2. The van der Waals surface area contributed by atoms with Crippen molar-refractivity contribution < 1.29 is 19.1 Å². The number of thioether (sulfide) groups is 1. The average molecular weight is 466 g/mol. The quantitative estimate of drug-likeness (QED) is 0.345. The number of thiocarbonyl (C=S) groups is 1. The molecular formula is C19H16BrNO4S2. The van der Waals surface area contributed by atoms with Gasteiger partial charge >= 0.3 is 5.97 Å². The number of furan rings is 1. The molecular weight excluding hydrogens is 450 g/mol. The van der Waals surface area contributed by atoms with Gasteiger partial charge in [0.15, 0.2) is 0 Å². The van der Waals surface area contributed by atoms with Crippen LogP contribution in [0, 0.1) is 0 Å². The van der Waals surface area contributed by atoms with Crippen LogP contribution in [0.2, 0.25) is 0 Å². The Kier molecular flexibility index (Phi) is 6.51. The summed E-state index contributed by atoms with van der Waals surface area (Å²) in [4.78, 5) is 25.1. The molecule has 0 aliphatic carbocycles. The highest BCUT2D eigenvalue weighted by atomic mass is 79.9. The summed E-state index contributed by atoms with van der Waals surface area (Å²) in [6.07, 6.45) is 2.90. The highest BCUT2D eigenvalue weighted by Crippen LogP contribution is 2.34. The Labute approximate surface area is 174 Å². The molecule has 1 fully saturated rings. The van der Waals surface area contributed by atoms with Gasteiger partial charge in [-0.1, -0.05) is 52.0 Å². The second-order valence-electron chi connectivity index (χ2n) is 5.89. The molecule has 1 aromatic carbocycles. The number of aliphatic carboxylic acids is 1. The van der Waals surface area contributed by atoms with Gasteiger partial charge in [0, 0.05) is 29.1 Å². The molecule has 0 spiro atoms. The Morgan fingerprint density at radius 1 is 1.22 bits per heavy atom. The molecule has 2 heterocycles. The fourth-order valence-electron chi connectivity index (χ4n) is 2.57. The van der Waals surface area contributed by atoms with Gasteiger partial charge in [0.1, 0.15) is 15.8 Å². The molecule has 1 amide bonds. The molecule has 3 rings (SSSR count). The van der Waals surface area contributed by atoms with Gasteiger partial charge in [-0.05, 0) is 37.1 Å². The van der Waals surface area contributed by atoms with E-state index in [1.807, 2.05) is 36.4 Å². The topological polar surface area (TPSA) is 70.8 Å². The third kappa shape index (κ3) is 5.09. The van der Waals surface area contributed by atoms with Gasteiger partial charge in [0.05, 0.1) is 4.91 Å². The van der Waals surface area contributed by atoms with Crippen molar-refractivity contribution in [2.24, 2.45) is 0 Å². The average Bonchev–Trinajstić information content (AvgIpc) is 3.19. The minimum Gasteiger partial charge on any atom is -0.481 e. The van der Waals surface area contributed by atoms with Crippen LogP contribution in [0.3, 0.4) is 0 Å². The van der Waals surface area contributed by atoms with E-state index in [4.69, 9.17) is 21.7 Å². The zero-order chi connectivity index (χ0) is 19.4. The van der Waals surface area contributed by atoms with E-state index < -0.39 is 5.97 Å². The maximum atomic E-state index is 12.5. The van der Waals surface area contributed by atoms with Gasteiger partial charge in [-0.2, -0.15) is 0 Å². The normalized spacial score (nSPS) is 15.7. The van der Waals surface area contributed by atoms with Crippen LogP contribution in [-0.2, 0) is 9.59 Å². The lowest BCUT2D eigenvalue weighted by atomic mass is 10.2. The lowest BCUT2D eigenvalue weighted by molar-refractivity contribution is -0.137. The number of hydrogen-bond acceptors (Lipinski definition) is 5. The van der Waals surface area contributed by atoms with Crippen molar-refractivity contribution in [1.29, 1.82) is 0 Å². The van der Waals surface area contributed by atoms with Crippen molar-refractivity contribution in [3.05, 3.63) is 51.5 Å². The first-order chi connectivity index (χ1) is 12.9. The molecule has 0 saturated carbocycles. The highest BCUT2D eigenvalue weighted by Gasteiger charge is 2.31.